The summed E-state index contributed by atoms with van der Waals surface area (Å²) in [7, 11) is -7.55. The second-order valence-electron chi connectivity index (χ2n) is 4.47. The summed E-state index contributed by atoms with van der Waals surface area (Å²) >= 11 is 0. The number of pyridine rings is 1. The minimum Gasteiger partial charge on any atom is -0.272 e. The predicted octanol–water partition coefficient (Wildman–Crippen LogP) is 3.81. The van der Waals surface area contributed by atoms with Crippen LogP contribution in [0.1, 0.15) is 0 Å². The smallest absolute Gasteiger partial charge is 0.272 e. The lowest BCUT2D eigenvalue weighted by molar-refractivity contribution is -0.382. The Balaban J connectivity index is 3.57. The first-order valence-corrected chi connectivity index (χ1v) is 7.13. The van der Waals surface area contributed by atoms with Crippen molar-refractivity contribution >= 4 is 15.7 Å². The van der Waals surface area contributed by atoms with E-state index in [1.165, 1.54) is 0 Å². The highest BCUT2D eigenvalue weighted by atomic mass is 32.2. The fourth-order valence-corrected chi connectivity index (χ4v) is 2.35. The maximum atomic E-state index is 13.3. The molecule has 0 saturated heterocycles. The number of alkyl halides is 9. The van der Waals surface area contributed by atoms with Gasteiger partial charge < -0.3 is 0 Å². The topological polar surface area (TPSA) is 59.1 Å². The lowest BCUT2D eigenvalue weighted by atomic mass is 10.1. The number of rotatable bonds is 5. The Morgan fingerprint density at radius 2 is 1.07 bits per heavy atom. The lowest BCUT2D eigenvalue weighted by Crippen LogP contribution is -2.64. The monoisotopic (exact) mass is 448 g/mol. The van der Waals surface area contributed by atoms with Crippen molar-refractivity contribution in [2.45, 2.75) is 23.3 Å². The number of nitrogens with one attached hydrogen (secondary N) is 1. The van der Waals surface area contributed by atoms with E-state index in [9.17, 15) is 65.5 Å². The number of aromatic nitrogens is 1. The Labute approximate surface area is 139 Å². The van der Waals surface area contributed by atoms with E-state index in [2.05, 4.69) is 0 Å². The number of halogens is 13. The summed E-state index contributed by atoms with van der Waals surface area (Å²) < 4.78 is 188. The molecule has 1 N–H and O–H groups in total. The molecule has 0 spiro atoms. The van der Waals surface area contributed by atoms with E-state index in [1.807, 2.05) is 4.98 Å². The van der Waals surface area contributed by atoms with Gasteiger partial charge in [0.25, 0.3) is 11.9 Å². The second-order valence-corrected chi connectivity index (χ2v) is 6.19. The van der Waals surface area contributed by atoms with E-state index in [0.717, 1.165) is 0 Å². The summed E-state index contributed by atoms with van der Waals surface area (Å²) in [6.45, 7) is 0. The molecule has 0 unspecified atom stereocenters. The van der Waals surface area contributed by atoms with Crippen LogP contribution in [0.3, 0.4) is 0 Å². The van der Waals surface area contributed by atoms with Crippen molar-refractivity contribution in [3.05, 3.63) is 23.5 Å². The first-order valence-electron chi connectivity index (χ1n) is 5.65. The molecule has 0 radical (unpaired) electrons. The standard InChI is InChI=1S/C9HF13N2O2S/c10-1-3(2(11)5(13)23-4(1)12)24-27(25,26)9(21,22)7(16,17)6(14,15)8(18,19)20/h(H,23,24). The molecule has 1 aromatic heterocycles. The summed E-state index contributed by atoms with van der Waals surface area (Å²) in [6.07, 6.45) is -7.39. The van der Waals surface area contributed by atoms with E-state index in [4.69, 9.17) is 0 Å². The molecule has 0 aliphatic heterocycles. The molecule has 0 aliphatic carbocycles. The van der Waals surface area contributed by atoms with Crippen LogP contribution in [-0.2, 0) is 10.0 Å². The molecular weight excluding hydrogens is 447 g/mol. The van der Waals surface area contributed by atoms with E-state index in [1.54, 1.807) is 0 Å². The van der Waals surface area contributed by atoms with Crippen molar-refractivity contribution in [2.75, 3.05) is 4.72 Å². The van der Waals surface area contributed by atoms with Gasteiger partial charge in [0, 0.05) is 0 Å². The van der Waals surface area contributed by atoms with Crippen molar-refractivity contribution < 1.29 is 65.5 Å². The number of nitrogens with zero attached hydrogens (tertiary/aromatic N) is 1. The van der Waals surface area contributed by atoms with Crippen LogP contribution in [0.15, 0.2) is 0 Å². The first kappa shape index (κ1) is 23.0. The van der Waals surface area contributed by atoms with Crippen LogP contribution in [0.2, 0.25) is 0 Å². The van der Waals surface area contributed by atoms with Gasteiger partial charge in [-0.15, -0.1) is 0 Å². The maximum absolute atomic E-state index is 13.3. The minimum atomic E-state index is -7.72. The van der Waals surface area contributed by atoms with Crippen LogP contribution in [0.25, 0.3) is 0 Å². The number of anilines is 1. The van der Waals surface area contributed by atoms with Gasteiger partial charge in [0.05, 0.1) is 0 Å². The molecule has 4 nitrogen and oxygen atoms in total. The number of sulfonamides is 1. The van der Waals surface area contributed by atoms with Gasteiger partial charge in [-0.05, 0) is 0 Å². The summed E-state index contributed by atoms with van der Waals surface area (Å²) in [5.74, 6) is -26.5. The van der Waals surface area contributed by atoms with E-state index < -0.39 is 62.5 Å². The highest BCUT2D eigenvalue weighted by Gasteiger charge is 2.85. The van der Waals surface area contributed by atoms with Gasteiger partial charge in [-0.1, -0.05) is 0 Å². The summed E-state index contributed by atoms with van der Waals surface area (Å²) in [4.78, 5) is 1.82. The number of hydrogen-bond donors (Lipinski definition) is 1. The third-order valence-electron chi connectivity index (χ3n) is 2.69. The van der Waals surface area contributed by atoms with Crippen LogP contribution in [0, 0.1) is 23.5 Å². The van der Waals surface area contributed by atoms with Crippen LogP contribution in [0.4, 0.5) is 62.8 Å². The summed E-state index contributed by atoms with van der Waals surface area (Å²) in [6, 6.07) is 0. The van der Waals surface area contributed by atoms with Crippen molar-refractivity contribution in [2.24, 2.45) is 0 Å². The molecule has 1 aromatic rings. The predicted molar refractivity (Wildman–Crippen MR) is 57.5 cm³/mol. The summed E-state index contributed by atoms with van der Waals surface area (Å²) in [5, 5.41) is -7.38. The Bertz CT molecular complexity index is 822. The molecule has 0 fully saturated rings. The van der Waals surface area contributed by atoms with Gasteiger partial charge in [0.2, 0.25) is 11.6 Å². The molecule has 0 aliphatic rings. The van der Waals surface area contributed by atoms with Gasteiger partial charge >= 0.3 is 33.3 Å². The van der Waals surface area contributed by atoms with Crippen molar-refractivity contribution in [3.8, 4) is 0 Å². The van der Waals surface area contributed by atoms with Gasteiger partial charge in [-0.2, -0.15) is 70.5 Å². The maximum Gasteiger partial charge on any atom is 0.460 e. The molecule has 0 aromatic carbocycles. The van der Waals surface area contributed by atoms with E-state index in [0.29, 0.717) is 0 Å². The quantitative estimate of drug-likeness (QED) is 0.551. The molecule has 0 saturated carbocycles. The molecule has 0 bridgehead atoms. The molecule has 1 rings (SSSR count). The Kier molecular flexibility index (Phi) is 5.34. The van der Waals surface area contributed by atoms with Gasteiger partial charge in [0.15, 0.2) is 0 Å². The van der Waals surface area contributed by atoms with Crippen LogP contribution < -0.4 is 4.72 Å². The average molecular weight is 448 g/mol. The minimum absolute atomic E-state index is 0.222. The third-order valence-corrected chi connectivity index (χ3v) is 4.09. The SMILES string of the molecule is O=S(=O)(Nc1c(F)c(F)nc(F)c1F)C(F)(F)C(F)(F)C(F)(F)C(F)(F)F. The van der Waals surface area contributed by atoms with Crippen LogP contribution in [0.5, 0.6) is 0 Å². The molecule has 27 heavy (non-hydrogen) atoms. The van der Waals surface area contributed by atoms with Crippen molar-refractivity contribution in [3.63, 3.8) is 0 Å². The van der Waals surface area contributed by atoms with Crippen LogP contribution >= 0.6 is 0 Å². The van der Waals surface area contributed by atoms with Crippen molar-refractivity contribution in [1.82, 2.24) is 4.98 Å². The highest BCUT2D eigenvalue weighted by Crippen LogP contribution is 2.54. The van der Waals surface area contributed by atoms with Gasteiger partial charge in [-0.3, -0.25) is 4.72 Å². The number of hydrogen-bond acceptors (Lipinski definition) is 3. The summed E-state index contributed by atoms with van der Waals surface area (Å²) in [5.41, 5.74) is -2.76. The van der Waals surface area contributed by atoms with Gasteiger partial charge in [-0.25, -0.2) is 0 Å². The Morgan fingerprint density at radius 1 is 0.704 bits per heavy atom. The molecule has 156 valence electrons. The second kappa shape index (κ2) is 6.26. The first-order chi connectivity index (χ1) is 11.7. The molecular formula is C9HF13N2O2S. The normalized spacial score (nSPS) is 14.4. The van der Waals surface area contributed by atoms with Crippen molar-refractivity contribution in [1.29, 1.82) is 0 Å². The molecule has 0 amide bonds. The Morgan fingerprint density at radius 3 is 1.41 bits per heavy atom. The zero-order valence-corrected chi connectivity index (χ0v) is 12.4. The van der Waals surface area contributed by atoms with E-state index >= 15 is 0 Å². The molecule has 18 heteroatoms. The third kappa shape index (κ3) is 3.33. The Hall–Kier alpha value is -2.01. The molecule has 0 atom stereocenters. The zero-order chi connectivity index (χ0) is 21.8. The fourth-order valence-electron chi connectivity index (χ4n) is 1.30. The zero-order valence-electron chi connectivity index (χ0n) is 11.6. The van der Waals surface area contributed by atoms with Crippen LogP contribution in [-0.4, -0.2) is 36.7 Å². The highest BCUT2D eigenvalue weighted by molar-refractivity contribution is 7.93. The van der Waals surface area contributed by atoms with Gasteiger partial charge in [0.1, 0.15) is 5.69 Å². The van der Waals surface area contributed by atoms with E-state index in [-0.39, 0.29) is 4.72 Å². The lowest BCUT2D eigenvalue weighted by Gasteiger charge is -2.33. The fraction of sp³-hybridized carbons (Fsp3) is 0.444. The largest absolute Gasteiger partial charge is 0.460 e. The average Bonchev–Trinajstić information content (AvgIpc) is 2.47. The molecule has 1 heterocycles.